The van der Waals surface area contributed by atoms with Crippen molar-refractivity contribution < 1.29 is 58.7 Å². The Bertz CT molecular complexity index is 1420. The first-order valence-electron chi connectivity index (χ1n) is 21.4. The molecule has 0 aromatic rings. The molecule has 3 saturated carbocycles. The summed E-state index contributed by atoms with van der Waals surface area (Å²) in [4.78, 5) is 74.9. The second-order valence-corrected chi connectivity index (χ2v) is 18.6. The Morgan fingerprint density at radius 3 is 1.74 bits per heavy atom. The van der Waals surface area contributed by atoms with E-state index in [1.54, 1.807) is 0 Å². The molecule has 0 saturated heterocycles. The Morgan fingerprint density at radius 1 is 0.655 bits per heavy atom. The van der Waals surface area contributed by atoms with Crippen LogP contribution in [0.2, 0.25) is 0 Å². The summed E-state index contributed by atoms with van der Waals surface area (Å²) in [5, 5.41) is 36.8. The van der Waals surface area contributed by atoms with Gasteiger partial charge in [0.1, 0.15) is 6.10 Å². The number of carbonyl (C=O) groups is 6. The van der Waals surface area contributed by atoms with E-state index in [2.05, 4.69) is 46.8 Å². The van der Waals surface area contributed by atoms with Gasteiger partial charge >= 0.3 is 35.8 Å². The minimum atomic E-state index is -1.25. The molecule has 0 bridgehead atoms. The molecule has 4 rings (SSSR count). The van der Waals surface area contributed by atoms with Crippen molar-refractivity contribution in [3.05, 3.63) is 12.2 Å². The molecule has 0 spiro atoms. The van der Waals surface area contributed by atoms with Gasteiger partial charge in [-0.15, -0.1) is 0 Å². The van der Waals surface area contributed by atoms with Gasteiger partial charge in [0, 0.05) is 26.2 Å². The predicted molar refractivity (Wildman–Crippen MR) is 214 cm³/mol. The van der Waals surface area contributed by atoms with Crippen molar-refractivity contribution in [1.29, 1.82) is 0 Å². The summed E-state index contributed by atoms with van der Waals surface area (Å²) in [5.41, 5.74) is 0.519. The zero-order chi connectivity index (χ0) is 42.8. The molecular weight excluding hydrogens is 750 g/mol. The van der Waals surface area contributed by atoms with E-state index in [-0.39, 0.29) is 43.6 Å². The second-order valence-electron chi connectivity index (χ2n) is 18.6. The topological polar surface area (TPSA) is 212 Å². The third-order valence-corrected chi connectivity index (χ3v) is 14.2. The first-order valence-corrected chi connectivity index (χ1v) is 21.4. The van der Waals surface area contributed by atoms with Crippen molar-refractivity contribution in [1.82, 2.24) is 14.7 Å². The van der Waals surface area contributed by atoms with Crippen molar-refractivity contribution in [3.63, 3.8) is 0 Å². The van der Waals surface area contributed by atoms with Gasteiger partial charge in [0.05, 0.1) is 32.7 Å². The zero-order valence-corrected chi connectivity index (χ0v) is 35.3. The number of carbonyl (C=O) groups excluding carboxylic acids is 2. The molecule has 3 fully saturated rings. The Kier molecular flexibility index (Phi) is 17.1. The van der Waals surface area contributed by atoms with Crippen LogP contribution < -0.4 is 0 Å². The van der Waals surface area contributed by atoms with Crippen LogP contribution in [0.15, 0.2) is 12.2 Å². The van der Waals surface area contributed by atoms with Crippen molar-refractivity contribution in [2.24, 2.45) is 52.3 Å². The van der Waals surface area contributed by atoms with Crippen LogP contribution in [0.4, 0.5) is 0 Å². The second kappa shape index (κ2) is 21.1. The van der Waals surface area contributed by atoms with E-state index in [4.69, 9.17) is 9.47 Å². The highest BCUT2D eigenvalue weighted by Crippen LogP contribution is 2.67. The van der Waals surface area contributed by atoms with Gasteiger partial charge < -0.3 is 29.9 Å². The molecule has 4 aliphatic rings. The van der Waals surface area contributed by atoms with E-state index < -0.39 is 75.1 Å². The van der Waals surface area contributed by atoms with Crippen LogP contribution in [-0.4, -0.2) is 143 Å². The van der Waals surface area contributed by atoms with Gasteiger partial charge in [-0.3, -0.25) is 38.7 Å². The van der Waals surface area contributed by atoms with Crippen LogP contribution in [0.3, 0.4) is 0 Å². The quantitative estimate of drug-likeness (QED) is 0.0776. The van der Waals surface area contributed by atoms with E-state index in [0.717, 1.165) is 40.4 Å². The molecule has 0 aromatic carbocycles. The largest absolute Gasteiger partial charge is 0.480 e. The van der Waals surface area contributed by atoms with E-state index in [1.165, 1.54) is 49.8 Å². The molecule has 4 N–H and O–H groups in total. The summed E-state index contributed by atoms with van der Waals surface area (Å²) in [6.45, 7) is 8.64. The normalized spacial score (nSPS) is 29.5. The fraction of sp³-hybridized carbons (Fsp3) is 0.814. The number of hydrogen-bond donors (Lipinski definition) is 4. The summed E-state index contributed by atoms with van der Waals surface area (Å²) >= 11 is 0. The van der Waals surface area contributed by atoms with E-state index in [1.807, 2.05) is 0 Å². The molecule has 328 valence electrons. The maximum atomic E-state index is 13.0. The van der Waals surface area contributed by atoms with Crippen LogP contribution in [-0.2, 0) is 38.2 Å². The molecule has 0 heterocycles. The number of carboxylic acid groups (broad SMARTS) is 4. The van der Waals surface area contributed by atoms with Gasteiger partial charge in [0.2, 0.25) is 0 Å². The highest BCUT2D eigenvalue weighted by molar-refractivity contribution is 5.77. The van der Waals surface area contributed by atoms with Gasteiger partial charge in [-0.2, -0.15) is 0 Å². The van der Waals surface area contributed by atoms with Crippen LogP contribution in [0.25, 0.3) is 0 Å². The number of nitrogens with zero attached hydrogens (tertiary/aromatic N) is 3. The Labute approximate surface area is 343 Å². The molecule has 0 aromatic heterocycles. The number of fused-ring (bicyclic) bond motifs is 5. The zero-order valence-electron chi connectivity index (χ0n) is 35.3. The Hall–Kier alpha value is -3.56. The standard InChI is InChI=1S/C43H69N3O12/c1-28(2)7-6-8-29(3)33-11-12-34-32-10-9-30-21-31(13-15-42(30,4)35(32)14-16-43(33,34)5)58-41(56)27-57-40(55)26-44(17-19-45(22-36(47)48)23-37(49)50)18-20-46(24-38(51)52)25-39(53)54/h9-10,28-35H,6-8,11-27H2,1-5H3,(H,47,48)(H,49,50)(H,51,52)(H,53,54). The summed E-state index contributed by atoms with van der Waals surface area (Å²) in [7, 11) is 0. The molecule has 4 aliphatic carbocycles. The first-order chi connectivity index (χ1) is 27.3. The Morgan fingerprint density at radius 2 is 1.19 bits per heavy atom. The number of rotatable bonds is 24. The number of allylic oxidation sites excluding steroid dienone is 2. The van der Waals surface area contributed by atoms with E-state index in [9.17, 15) is 49.2 Å². The van der Waals surface area contributed by atoms with Crippen LogP contribution in [0.1, 0.15) is 98.8 Å². The van der Waals surface area contributed by atoms with Crippen molar-refractivity contribution in [2.75, 3.05) is 65.5 Å². The molecule has 0 radical (unpaired) electrons. The summed E-state index contributed by atoms with van der Waals surface area (Å²) in [5.74, 6) is -1.97. The van der Waals surface area contributed by atoms with Crippen molar-refractivity contribution in [2.45, 2.75) is 105 Å². The highest BCUT2D eigenvalue weighted by Gasteiger charge is 2.59. The van der Waals surface area contributed by atoms with Crippen LogP contribution in [0.5, 0.6) is 0 Å². The lowest BCUT2D eigenvalue weighted by atomic mass is 9.46. The van der Waals surface area contributed by atoms with E-state index >= 15 is 0 Å². The maximum absolute atomic E-state index is 13.0. The average Bonchev–Trinajstić information content (AvgIpc) is 3.48. The number of carboxylic acids is 4. The smallest absolute Gasteiger partial charge is 0.344 e. The molecule has 15 heteroatoms. The van der Waals surface area contributed by atoms with Gasteiger partial charge in [-0.1, -0.05) is 66.0 Å². The minimum absolute atomic E-state index is 0.0240. The Balaban J connectivity index is 1.30. The molecule has 9 atom stereocenters. The van der Waals surface area contributed by atoms with Gasteiger partial charge in [-0.25, -0.2) is 4.79 Å². The summed E-state index contributed by atoms with van der Waals surface area (Å²) in [6, 6.07) is 0. The van der Waals surface area contributed by atoms with Gasteiger partial charge in [-0.05, 0) is 97.2 Å². The molecular formula is C43H69N3O12. The van der Waals surface area contributed by atoms with Gasteiger partial charge in [0.25, 0.3) is 0 Å². The van der Waals surface area contributed by atoms with Crippen LogP contribution in [0, 0.1) is 52.3 Å². The molecule has 0 aliphatic heterocycles. The molecule has 9 unspecified atom stereocenters. The monoisotopic (exact) mass is 819 g/mol. The molecule has 15 nitrogen and oxygen atoms in total. The number of esters is 2. The molecule has 0 amide bonds. The summed E-state index contributed by atoms with van der Waals surface area (Å²) in [6.07, 6.45) is 16.1. The lowest BCUT2D eigenvalue weighted by molar-refractivity contribution is -0.167. The third kappa shape index (κ3) is 13.0. The number of ether oxygens (including phenoxy) is 2. The lowest BCUT2D eigenvalue weighted by Crippen LogP contribution is -2.52. The first kappa shape index (κ1) is 47.1. The molecule has 58 heavy (non-hydrogen) atoms. The summed E-state index contributed by atoms with van der Waals surface area (Å²) < 4.78 is 11.1. The predicted octanol–water partition coefficient (Wildman–Crippen LogP) is 4.58. The minimum Gasteiger partial charge on any atom is -0.480 e. The highest BCUT2D eigenvalue weighted by atomic mass is 16.6. The van der Waals surface area contributed by atoms with Crippen molar-refractivity contribution in [3.8, 4) is 0 Å². The maximum Gasteiger partial charge on any atom is 0.344 e. The fourth-order valence-corrected chi connectivity index (χ4v) is 11.3. The fourth-order valence-electron chi connectivity index (χ4n) is 11.3. The third-order valence-electron chi connectivity index (χ3n) is 14.2. The average molecular weight is 820 g/mol. The van der Waals surface area contributed by atoms with Crippen molar-refractivity contribution >= 4 is 35.8 Å². The van der Waals surface area contributed by atoms with E-state index in [0.29, 0.717) is 29.6 Å². The van der Waals surface area contributed by atoms with Gasteiger partial charge in [0.15, 0.2) is 6.61 Å². The SMILES string of the molecule is CC(C)CCCC(C)C1CCC2C3C=CC4CC(OC(=O)COC(=O)CN(CCN(CC(=O)O)CC(=O)O)CCN(CC(=O)O)CC(=O)O)CCC4(C)C3CCC12C. The van der Waals surface area contributed by atoms with Crippen LogP contribution >= 0.6 is 0 Å². The number of aliphatic carboxylic acids is 4. The number of hydrogen-bond acceptors (Lipinski definition) is 11. The lowest BCUT2D eigenvalue weighted by Gasteiger charge is -2.59.